The molecule has 4 aromatic rings. The third-order valence-corrected chi connectivity index (χ3v) is 5.17. The summed E-state index contributed by atoms with van der Waals surface area (Å²) in [6, 6.07) is 21.4. The van der Waals surface area contributed by atoms with E-state index in [1.807, 2.05) is 25.1 Å². The highest BCUT2D eigenvalue weighted by molar-refractivity contribution is 6.30. The molecule has 2 aromatic carbocycles. The molecule has 0 bridgehead atoms. The second kappa shape index (κ2) is 9.98. The van der Waals surface area contributed by atoms with E-state index < -0.39 is 0 Å². The van der Waals surface area contributed by atoms with Crippen molar-refractivity contribution in [2.75, 3.05) is 0 Å². The van der Waals surface area contributed by atoms with Crippen molar-refractivity contribution in [1.29, 1.82) is 5.26 Å². The highest BCUT2D eigenvalue weighted by atomic mass is 35.5. The van der Waals surface area contributed by atoms with Gasteiger partial charge in [0.25, 0.3) is 5.56 Å². The fourth-order valence-corrected chi connectivity index (χ4v) is 3.32. The number of hydrogen-bond donors (Lipinski definition) is 1. The van der Waals surface area contributed by atoms with Crippen LogP contribution >= 0.6 is 11.6 Å². The van der Waals surface area contributed by atoms with Gasteiger partial charge in [0.05, 0.1) is 12.2 Å². The van der Waals surface area contributed by atoms with Crippen LogP contribution in [0.15, 0.2) is 82.7 Å². The Hall–Kier alpha value is -4.15. The molecule has 0 saturated carbocycles. The number of rotatable bonds is 6. The first-order valence-electron chi connectivity index (χ1n) is 10.3. The van der Waals surface area contributed by atoms with Crippen LogP contribution in [-0.2, 0) is 13.0 Å². The molecule has 0 atom stereocenters. The lowest BCUT2D eigenvalue weighted by atomic mass is 10.2. The zero-order valence-corrected chi connectivity index (χ0v) is 18.6. The molecule has 0 saturated heterocycles. The fourth-order valence-electron chi connectivity index (χ4n) is 3.19. The quantitative estimate of drug-likeness (QED) is 0.452. The monoisotopic (exact) mass is 457 g/mol. The number of hydrogen-bond acceptors (Lipinski definition) is 5. The number of H-pyrrole nitrogens is 1. The Labute approximate surface area is 195 Å². The molecule has 1 N–H and O–H groups in total. The van der Waals surface area contributed by atoms with E-state index in [1.54, 1.807) is 65.4 Å². The van der Waals surface area contributed by atoms with E-state index in [2.05, 4.69) is 15.0 Å². The lowest BCUT2D eigenvalue weighted by Crippen LogP contribution is -2.37. The summed E-state index contributed by atoms with van der Waals surface area (Å²) in [5.74, 6) is 0.888. The van der Waals surface area contributed by atoms with E-state index in [9.17, 15) is 4.79 Å². The van der Waals surface area contributed by atoms with E-state index >= 15 is 0 Å². The first-order chi connectivity index (χ1) is 16.1. The van der Waals surface area contributed by atoms with Crippen LogP contribution in [0.4, 0.5) is 5.69 Å². The second-order valence-electron chi connectivity index (χ2n) is 7.19. The average molecular weight is 458 g/mol. The summed E-state index contributed by atoms with van der Waals surface area (Å²) in [4.78, 5) is 24.9. The van der Waals surface area contributed by atoms with E-state index in [0.717, 1.165) is 5.56 Å². The van der Waals surface area contributed by atoms with Crippen LogP contribution in [0.25, 0.3) is 0 Å². The molecule has 164 valence electrons. The molecule has 7 nitrogen and oxygen atoms in total. The maximum absolute atomic E-state index is 13.0. The smallest absolute Gasteiger partial charge is 0.258 e. The minimum Gasteiger partial charge on any atom is -0.439 e. The molecule has 2 heterocycles. The molecule has 0 fully saturated rings. The zero-order chi connectivity index (χ0) is 23.2. The average Bonchev–Trinajstić information content (AvgIpc) is 2.84. The molecule has 0 unspecified atom stereocenters. The molecule has 0 radical (unpaired) electrons. The number of aryl methyl sites for hydroxylation is 1. The number of halogens is 1. The largest absolute Gasteiger partial charge is 0.439 e. The molecule has 2 aromatic heterocycles. The molecular formula is C25H20ClN5O2. The van der Waals surface area contributed by atoms with Gasteiger partial charge in [-0.05, 0) is 54.4 Å². The first kappa shape index (κ1) is 22.1. The Kier molecular flexibility index (Phi) is 6.67. The van der Waals surface area contributed by atoms with Gasteiger partial charge >= 0.3 is 0 Å². The van der Waals surface area contributed by atoms with E-state index in [-0.39, 0.29) is 11.3 Å². The molecule has 0 spiro atoms. The Morgan fingerprint density at radius 1 is 1.12 bits per heavy atom. The van der Waals surface area contributed by atoms with Gasteiger partial charge in [-0.25, -0.2) is 9.98 Å². The maximum Gasteiger partial charge on any atom is 0.258 e. The number of benzene rings is 2. The van der Waals surface area contributed by atoms with E-state index in [1.165, 1.54) is 0 Å². The highest BCUT2D eigenvalue weighted by Gasteiger charge is 2.07. The van der Waals surface area contributed by atoms with Crippen LogP contribution in [-0.4, -0.2) is 14.5 Å². The molecule has 0 aliphatic rings. The minimum absolute atomic E-state index is 0.0895. The van der Waals surface area contributed by atoms with Crippen molar-refractivity contribution in [3.05, 3.63) is 111 Å². The number of pyridine rings is 1. The molecule has 8 heteroatoms. The van der Waals surface area contributed by atoms with Crippen LogP contribution in [0.2, 0.25) is 5.02 Å². The Morgan fingerprint density at radius 2 is 1.88 bits per heavy atom. The van der Waals surface area contributed by atoms with Gasteiger partial charge in [-0.1, -0.05) is 36.7 Å². The van der Waals surface area contributed by atoms with Crippen LogP contribution in [0, 0.1) is 11.3 Å². The van der Waals surface area contributed by atoms with Crippen molar-refractivity contribution < 1.29 is 4.74 Å². The highest BCUT2D eigenvalue weighted by Crippen LogP contribution is 2.22. The Balaban J connectivity index is 1.65. The standard InChI is InChI=1S/C25H20ClN5O2/c1-2-18-15-28-25(31(24(18)32)16-17-6-8-19(26)9-7-17)30-20-10-12-22(13-11-20)33-23-5-3-4-21(14-27)29-23/h3-13,15H,2,16H2,1H3,(H,28,30). The van der Waals surface area contributed by atoms with Gasteiger partial charge in [0, 0.05) is 22.8 Å². The summed E-state index contributed by atoms with van der Waals surface area (Å²) in [5, 5.41) is 9.61. The van der Waals surface area contributed by atoms with E-state index in [4.69, 9.17) is 21.6 Å². The summed E-state index contributed by atoms with van der Waals surface area (Å²) in [5.41, 5.74) is 2.89. The van der Waals surface area contributed by atoms with Crippen molar-refractivity contribution in [1.82, 2.24) is 14.5 Å². The van der Waals surface area contributed by atoms with Crippen LogP contribution in [0.5, 0.6) is 11.6 Å². The summed E-state index contributed by atoms with van der Waals surface area (Å²) in [7, 11) is 0. The van der Waals surface area contributed by atoms with Gasteiger partial charge in [0.2, 0.25) is 11.5 Å². The summed E-state index contributed by atoms with van der Waals surface area (Å²) < 4.78 is 7.32. The van der Waals surface area contributed by atoms with Crippen LogP contribution < -0.4 is 15.9 Å². The summed E-state index contributed by atoms with van der Waals surface area (Å²) in [6.07, 6.45) is 2.31. The molecule has 0 aliphatic heterocycles. The molecule has 33 heavy (non-hydrogen) atoms. The predicted molar refractivity (Wildman–Crippen MR) is 126 cm³/mol. The Morgan fingerprint density at radius 3 is 2.58 bits per heavy atom. The number of nitrogens with zero attached hydrogens (tertiary/aromatic N) is 4. The van der Waals surface area contributed by atoms with Crippen LogP contribution in [0.1, 0.15) is 23.7 Å². The normalized spacial score (nSPS) is 11.2. The first-order valence-corrected chi connectivity index (χ1v) is 10.7. The predicted octanol–water partition coefficient (Wildman–Crippen LogP) is 4.73. The van der Waals surface area contributed by atoms with Gasteiger partial charge in [0.1, 0.15) is 17.5 Å². The van der Waals surface area contributed by atoms with Gasteiger partial charge in [0.15, 0.2) is 0 Å². The molecule has 0 aliphatic carbocycles. The molecule has 4 rings (SSSR count). The topological polar surface area (TPSA) is 96.1 Å². The van der Waals surface area contributed by atoms with Crippen molar-refractivity contribution in [2.45, 2.75) is 19.9 Å². The minimum atomic E-state index is -0.0895. The van der Waals surface area contributed by atoms with Gasteiger partial charge in [-0.15, -0.1) is 0 Å². The van der Waals surface area contributed by atoms with E-state index in [0.29, 0.717) is 46.5 Å². The van der Waals surface area contributed by atoms with Crippen LogP contribution in [0.3, 0.4) is 0 Å². The number of aromatic nitrogens is 3. The molecule has 0 amide bonds. The third-order valence-electron chi connectivity index (χ3n) is 4.92. The zero-order valence-electron chi connectivity index (χ0n) is 17.8. The number of nitriles is 1. The fraction of sp³-hybridized carbons (Fsp3) is 0.120. The molecular weight excluding hydrogens is 438 g/mol. The van der Waals surface area contributed by atoms with Crippen molar-refractivity contribution >= 4 is 17.3 Å². The Bertz CT molecular complexity index is 1430. The lowest BCUT2D eigenvalue weighted by Gasteiger charge is -2.09. The summed E-state index contributed by atoms with van der Waals surface area (Å²) in [6.45, 7) is 2.30. The van der Waals surface area contributed by atoms with Crippen molar-refractivity contribution in [3.63, 3.8) is 0 Å². The number of aromatic amines is 1. The van der Waals surface area contributed by atoms with Gasteiger partial charge < -0.3 is 9.72 Å². The SMILES string of the molecule is CCc1c[nH]/c(=N\c2ccc(Oc3cccc(C#N)n3)cc2)n(Cc2ccc(Cl)cc2)c1=O. The van der Waals surface area contributed by atoms with Gasteiger partial charge in [-0.2, -0.15) is 5.26 Å². The number of nitrogens with one attached hydrogen (secondary N) is 1. The van der Waals surface area contributed by atoms with Crippen molar-refractivity contribution in [2.24, 2.45) is 4.99 Å². The van der Waals surface area contributed by atoms with Gasteiger partial charge in [-0.3, -0.25) is 9.36 Å². The summed E-state index contributed by atoms with van der Waals surface area (Å²) >= 11 is 5.99. The second-order valence-corrected chi connectivity index (χ2v) is 7.63. The third kappa shape index (κ3) is 5.37. The maximum atomic E-state index is 13.0. The lowest BCUT2D eigenvalue weighted by molar-refractivity contribution is 0.462. The number of ether oxygens (including phenoxy) is 1. The van der Waals surface area contributed by atoms with Crippen molar-refractivity contribution in [3.8, 4) is 17.7 Å².